The van der Waals surface area contributed by atoms with Crippen LogP contribution in [0.2, 0.25) is 0 Å². The average molecular weight is 442 g/mol. The second-order valence-corrected chi connectivity index (χ2v) is 7.96. The Bertz CT molecular complexity index is 1290. The Morgan fingerprint density at radius 3 is 2.24 bits per heavy atom. The zero-order valence-corrected chi connectivity index (χ0v) is 18.5. The number of hydrogen-bond acceptors (Lipinski definition) is 6. The zero-order valence-electron chi connectivity index (χ0n) is 18.5. The fourth-order valence-electron chi connectivity index (χ4n) is 4.10. The SMILES string of the molecule is COc1ccc(C2=C(Nc3ccc4c(c3)OCO4)C(=O)N(c3cc(C)cc(C)c3)C2=O)cc1. The van der Waals surface area contributed by atoms with Crippen LogP contribution in [0.3, 0.4) is 0 Å². The molecule has 7 nitrogen and oxygen atoms in total. The number of nitrogens with one attached hydrogen (secondary N) is 1. The van der Waals surface area contributed by atoms with Gasteiger partial charge in [-0.2, -0.15) is 0 Å². The monoisotopic (exact) mass is 442 g/mol. The summed E-state index contributed by atoms with van der Waals surface area (Å²) >= 11 is 0. The third kappa shape index (κ3) is 3.67. The summed E-state index contributed by atoms with van der Waals surface area (Å²) in [6.07, 6.45) is 0. The molecule has 0 radical (unpaired) electrons. The lowest BCUT2D eigenvalue weighted by Gasteiger charge is -2.17. The van der Waals surface area contributed by atoms with Crippen molar-refractivity contribution in [3.05, 3.63) is 83.1 Å². The van der Waals surface area contributed by atoms with E-state index in [2.05, 4.69) is 5.32 Å². The Balaban J connectivity index is 1.60. The third-order valence-corrected chi connectivity index (χ3v) is 5.57. The number of benzene rings is 3. The maximum Gasteiger partial charge on any atom is 0.282 e. The summed E-state index contributed by atoms with van der Waals surface area (Å²) in [4.78, 5) is 28.4. The van der Waals surface area contributed by atoms with Gasteiger partial charge in [0.15, 0.2) is 11.5 Å². The van der Waals surface area contributed by atoms with Crippen molar-refractivity contribution >= 4 is 28.8 Å². The molecule has 1 N–H and O–H groups in total. The van der Waals surface area contributed by atoms with Gasteiger partial charge in [-0.25, -0.2) is 4.90 Å². The Kier molecular flexibility index (Phi) is 5.01. The van der Waals surface area contributed by atoms with Crippen LogP contribution in [0.5, 0.6) is 17.2 Å². The summed E-state index contributed by atoms with van der Waals surface area (Å²) in [7, 11) is 1.58. The molecule has 0 bridgehead atoms. The van der Waals surface area contributed by atoms with Gasteiger partial charge in [0.2, 0.25) is 6.79 Å². The topological polar surface area (TPSA) is 77.1 Å². The first-order valence-corrected chi connectivity index (χ1v) is 10.5. The first kappa shape index (κ1) is 20.6. The van der Waals surface area contributed by atoms with Crippen molar-refractivity contribution in [1.29, 1.82) is 0 Å². The molecule has 33 heavy (non-hydrogen) atoms. The zero-order chi connectivity index (χ0) is 23.1. The molecule has 166 valence electrons. The normalized spacial score (nSPS) is 14.8. The fourth-order valence-corrected chi connectivity index (χ4v) is 4.10. The molecule has 0 aliphatic carbocycles. The highest BCUT2D eigenvalue weighted by Crippen LogP contribution is 2.38. The van der Waals surface area contributed by atoms with Crippen molar-refractivity contribution < 1.29 is 23.8 Å². The molecule has 0 spiro atoms. The number of nitrogens with zero attached hydrogens (tertiary/aromatic N) is 1. The molecule has 0 saturated heterocycles. The first-order valence-electron chi connectivity index (χ1n) is 10.5. The Labute approximate surface area is 191 Å². The second-order valence-electron chi connectivity index (χ2n) is 7.96. The van der Waals surface area contributed by atoms with E-state index in [0.29, 0.717) is 39.8 Å². The number of anilines is 2. The van der Waals surface area contributed by atoms with E-state index in [1.807, 2.05) is 32.0 Å². The van der Waals surface area contributed by atoms with E-state index >= 15 is 0 Å². The largest absolute Gasteiger partial charge is 0.497 e. The van der Waals surface area contributed by atoms with Gasteiger partial charge < -0.3 is 19.5 Å². The standard InChI is InChI=1S/C26H22N2O5/c1-15-10-16(2)12-19(11-15)28-25(29)23(17-4-7-20(31-3)8-5-17)24(26(28)30)27-18-6-9-21-22(13-18)33-14-32-21/h4-13,27H,14H2,1-3H3. The van der Waals surface area contributed by atoms with Gasteiger partial charge in [-0.15, -0.1) is 0 Å². The minimum atomic E-state index is -0.423. The number of methoxy groups -OCH3 is 1. The predicted octanol–water partition coefficient (Wildman–Crippen LogP) is 4.44. The number of ether oxygens (including phenoxy) is 3. The average Bonchev–Trinajstić information content (AvgIpc) is 3.35. The summed E-state index contributed by atoms with van der Waals surface area (Å²) in [6.45, 7) is 4.02. The molecule has 0 fully saturated rings. The van der Waals surface area contributed by atoms with E-state index in [9.17, 15) is 9.59 Å². The van der Waals surface area contributed by atoms with E-state index in [0.717, 1.165) is 11.1 Å². The number of hydrogen-bond donors (Lipinski definition) is 1. The molecule has 0 aromatic heterocycles. The summed E-state index contributed by atoms with van der Waals surface area (Å²) in [5.41, 5.74) is 4.19. The van der Waals surface area contributed by atoms with Crippen molar-refractivity contribution in [2.75, 3.05) is 24.1 Å². The minimum absolute atomic E-state index is 0.149. The Morgan fingerprint density at radius 1 is 0.848 bits per heavy atom. The molecule has 2 amide bonds. The highest BCUT2D eigenvalue weighted by Gasteiger charge is 2.40. The van der Waals surface area contributed by atoms with Crippen LogP contribution < -0.4 is 24.4 Å². The van der Waals surface area contributed by atoms with Gasteiger partial charge in [-0.3, -0.25) is 9.59 Å². The van der Waals surface area contributed by atoms with Crippen molar-refractivity contribution in [2.24, 2.45) is 0 Å². The third-order valence-electron chi connectivity index (χ3n) is 5.57. The quantitative estimate of drug-likeness (QED) is 0.589. The highest BCUT2D eigenvalue weighted by atomic mass is 16.7. The molecule has 5 rings (SSSR count). The molecular formula is C26H22N2O5. The Hall–Kier alpha value is -4.26. The van der Waals surface area contributed by atoms with Crippen LogP contribution in [-0.2, 0) is 9.59 Å². The first-order chi connectivity index (χ1) is 15.9. The van der Waals surface area contributed by atoms with E-state index in [1.165, 1.54) is 4.90 Å². The van der Waals surface area contributed by atoms with E-state index < -0.39 is 11.8 Å². The van der Waals surface area contributed by atoms with Crippen molar-refractivity contribution in [1.82, 2.24) is 0 Å². The van der Waals surface area contributed by atoms with Gasteiger partial charge in [-0.1, -0.05) is 18.2 Å². The van der Waals surface area contributed by atoms with Crippen molar-refractivity contribution in [3.63, 3.8) is 0 Å². The molecule has 2 heterocycles. The molecule has 0 saturated carbocycles. The number of amides is 2. The van der Waals surface area contributed by atoms with Gasteiger partial charge >= 0.3 is 0 Å². The summed E-state index contributed by atoms with van der Waals surface area (Å²) in [6, 6.07) is 18.0. The summed E-state index contributed by atoms with van der Waals surface area (Å²) in [5.74, 6) is 1.06. The van der Waals surface area contributed by atoms with Crippen molar-refractivity contribution in [3.8, 4) is 17.2 Å². The molecular weight excluding hydrogens is 420 g/mol. The van der Waals surface area contributed by atoms with E-state index in [4.69, 9.17) is 14.2 Å². The molecule has 3 aromatic carbocycles. The summed E-state index contributed by atoms with van der Waals surface area (Å²) in [5, 5.41) is 3.16. The molecule has 2 aliphatic heterocycles. The maximum atomic E-state index is 13.6. The lowest BCUT2D eigenvalue weighted by atomic mass is 10.0. The predicted molar refractivity (Wildman–Crippen MR) is 125 cm³/mol. The number of fused-ring (bicyclic) bond motifs is 1. The van der Waals surface area contributed by atoms with Gasteiger partial charge in [0, 0.05) is 11.8 Å². The second kappa shape index (κ2) is 8.02. The van der Waals surface area contributed by atoms with E-state index in [1.54, 1.807) is 49.6 Å². The molecule has 0 atom stereocenters. The lowest BCUT2D eigenvalue weighted by molar-refractivity contribution is -0.120. The van der Waals surface area contributed by atoms with Crippen LogP contribution >= 0.6 is 0 Å². The van der Waals surface area contributed by atoms with Gasteiger partial charge in [0.25, 0.3) is 11.8 Å². The van der Waals surface area contributed by atoms with Crippen LogP contribution in [0.1, 0.15) is 16.7 Å². The molecule has 2 aliphatic rings. The number of rotatable bonds is 5. The smallest absolute Gasteiger partial charge is 0.282 e. The maximum absolute atomic E-state index is 13.6. The Morgan fingerprint density at radius 2 is 1.55 bits per heavy atom. The fraction of sp³-hybridized carbons (Fsp3) is 0.154. The molecule has 7 heteroatoms. The number of carbonyl (C=O) groups excluding carboxylic acids is 2. The number of carbonyl (C=O) groups is 2. The van der Waals surface area contributed by atoms with E-state index in [-0.39, 0.29) is 12.5 Å². The van der Waals surface area contributed by atoms with Gasteiger partial charge in [0.1, 0.15) is 11.4 Å². The van der Waals surface area contributed by atoms with Crippen LogP contribution in [0.15, 0.2) is 66.4 Å². The van der Waals surface area contributed by atoms with Crippen LogP contribution in [-0.4, -0.2) is 25.7 Å². The van der Waals surface area contributed by atoms with Crippen molar-refractivity contribution in [2.45, 2.75) is 13.8 Å². The lowest BCUT2D eigenvalue weighted by Crippen LogP contribution is -2.32. The summed E-state index contributed by atoms with van der Waals surface area (Å²) < 4.78 is 16.1. The molecule has 0 unspecified atom stereocenters. The minimum Gasteiger partial charge on any atom is -0.497 e. The van der Waals surface area contributed by atoms with Crippen LogP contribution in [0, 0.1) is 13.8 Å². The van der Waals surface area contributed by atoms with Gasteiger partial charge in [0.05, 0.1) is 18.4 Å². The molecule has 3 aromatic rings. The van der Waals surface area contributed by atoms with Crippen LogP contribution in [0.4, 0.5) is 11.4 Å². The highest BCUT2D eigenvalue weighted by molar-refractivity contribution is 6.46. The number of aryl methyl sites for hydroxylation is 2. The van der Waals surface area contributed by atoms with Crippen LogP contribution in [0.25, 0.3) is 5.57 Å². The number of imide groups is 1. The van der Waals surface area contributed by atoms with Gasteiger partial charge in [-0.05, 0) is 66.9 Å².